The van der Waals surface area contributed by atoms with Crippen LogP contribution in [0.1, 0.15) is 27.6 Å². The number of amides is 3. The number of benzene rings is 2. The van der Waals surface area contributed by atoms with Gasteiger partial charge in [-0.3, -0.25) is 25.2 Å². The Morgan fingerprint density at radius 1 is 0.960 bits per heavy atom. The molecule has 0 spiro atoms. The molecule has 1 unspecified atom stereocenters. The maximum atomic E-state index is 12.8. The van der Waals surface area contributed by atoms with Crippen LogP contribution in [0.5, 0.6) is 0 Å². The van der Waals surface area contributed by atoms with Crippen molar-refractivity contribution in [3.8, 4) is 0 Å². The molecule has 3 amide bonds. The third kappa shape index (κ3) is 5.02. The summed E-state index contributed by atoms with van der Waals surface area (Å²) in [5.41, 5.74) is 4.78. The second kappa shape index (κ2) is 8.25. The van der Waals surface area contributed by atoms with Crippen LogP contribution in [0, 0.1) is 5.82 Å². The van der Waals surface area contributed by atoms with E-state index in [9.17, 15) is 18.8 Å². The lowest BCUT2D eigenvalue weighted by molar-refractivity contribution is -0.123. The first kappa shape index (κ1) is 18.4. The summed E-state index contributed by atoms with van der Waals surface area (Å²) in [4.78, 5) is 35.8. The Morgan fingerprint density at radius 2 is 1.60 bits per heavy atom. The molecule has 2 aromatic rings. The number of carbonyl (C=O) groups is 3. The Kier molecular flexibility index (Phi) is 6.08. The summed E-state index contributed by atoms with van der Waals surface area (Å²) in [5, 5.41) is 2.73. The zero-order valence-corrected chi connectivity index (χ0v) is 13.9. The zero-order valence-electron chi connectivity index (χ0n) is 13.2. The average Bonchev–Trinajstić information content (AvgIpc) is 2.60. The highest BCUT2D eigenvalue weighted by Crippen LogP contribution is 2.14. The number of hydrogen-bond acceptors (Lipinski definition) is 3. The van der Waals surface area contributed by atoms with Crippen molar-refractivity contribution in [3.05, 3.63) is 70.5 Å². The first-order chi connectivity index (χ1) is 11.9. The molecule has 2 rings (SSSR count). The fraction of sp³-hybridized carbons (Fsp3) is 0.118. The van der Waals surface area contributed by atoms with Crippen molar-refractivity contribution >= 4 is 29.3 Å². The van der Waals surface area contributed by atoms with Gasteiger partial charge in [0.15, 0.2) is 0 Å². The van der Waals surface area contributed by atoms with Crippen molar-refractivity contribution in [2.24, 2.45) is 0 Å². The van der Waals surface area contributed by atoms with Crippen LogP contribution in [0.4, 0.5) is 4.39 Å². The smallest absolute Gasteiger partial charge is 0.269 e. The van der Waals surface area contributed by atoms with Gasteiger partial charge in [-0.15, -0.1) is 0 Å². The molecule has 0 aliphatic heterocycles. The fourth-order valence-corrected chi connectivity index (χ4v) is 2.11. The van der Waals surface area contributed by atoms with Crippen LogP contribution >= 0.6 is 11.6 Å². The van der Waals surface area contributed by atoms with E-state index in [-0.39, 0.29) is 16.1 Å². The van der Waals surface area contributed by atoms with Crippen molar-refractivity contribution in [2.75, 3.05) is 0 Å². The van der Waals surface area contributed by atoms with E-state index in [0.717, 1.165) is 12.1 Å². The third-order valence-electron chi connectivity index (χ3n) is 3.27. The van der Waals surface area contributed by atoms with Crippen molar-refractivity contribution in [2.45, 2.75) is 13.0 Å². The van der Waals surface area contributed by atoms with E-state index in [1.165, 1.54) is 25.1 Å². The van der Waals surface area contributed by atoms with Gasteiger partial charge < -0.3 is 5.32 Å². The molecule has 0 radical (unpaired) electrons. The molecule has 2 aromatic carbocycles. The minimum atomic E-state index is -0.919. The van der Waals surface area contributed by atoms with Gasteiger partial charge in [-0.1, -0.05) is 23.7 Å². The van der Waals surface area contributed by atoms with E-state index in [1.807, 2.05) is 0 Å². The van der Waals surface area contributed by atoms with E-state index in [4.69, 9.17) is 11.6 Å². The van der Waals surface area contributed by atoms with Gasteiger partial charge in [0.05, 0.1) is 10.6 Å². The van der Waals surface area contributed by atoms with E-state index >= 15 is 0 Å². The zero-order chi connectivity index (χ0) is 18.4. The molecule has 130 valence electrons. The Morgan fingerprint density at radius 3 is 2.24 bits per heavy atom. The summed E-state index contributed by atoms with van der Waals surface area (Å²) < 4.78 is 12.8. The summed E-state index contributed by atoms with van der Waals surface area (Å²) in [6.07, 6.45) is 0. The lowest BCUT2D eigenvalue weighted by atomic mass is 10.2. The Labute approximate surface area is 148 Å². The van der Waals surface area contributed by atoms with E-state index in [2.05, 4.69) is 16.2 Å². The molecule has 0 aromatic heterocycles. The first-order valence-corrected chi connectivity index (χ1v) is 7.67. The predicted octanol–water partition coefficient (Wildman–Crippen LogP) is 2.06. The van der Waals surface area contributed by atoms with Gasteiger partial charge in [0.1, 0.15) is 11.9 Å². The maximum absolute atomic E-state index is 12.8. The topological polar surface area (TPSA) is 87.3 Å². The van der Waals surface area contributed by atoms with E-state index < -0.39 is 29.6 Å². The van der Waals surface area contributed by atoms with Crippen LogP contribution < -0.4 is 16.2 Å². The Bertz CT molecular complexity index is 796. The number of nitrogens with one attached hydrogen (secondary N) is 3. The minimum Gasteiger partial charge on any atom is -0.340 e. The summed E-state index contributed by atoms with van der Waals surface area (Å²) in [6, 6.07) is 10.3. The third-order valence-corrected chi connectivity index (χ3v) is 3.59. The van der Waals surface area contributed by atoms with Gasteiger partial charge in [-0.05, 0) is 43.3 Å². The molecular weight excluding hydrogens is 349 g/mol. The number of halogens is 2. The first-order valence-electron chi connectivity index (χ1n) is 7.29. The molecule has 0 saturated carbocycles. The van der Waals surface area contributed by atoms with Gasteiger partial charge in [0, 0.05) is 5.56 Å². The molecule has 0 fully saturated rings. The molecule has 0 aliphatic rings. The lowest BCUT2D eigenvalue weighted by Crippen LogP contribution is -2.51. The van der Waals surface area contributed by atoms with Crippen LogP contribution in [0.25, 0.3) is 0 Å². The summed E-state index contributed by atoms with van der Waals surface area (Å²) in [5.74, 6) is -2.23. The summed E-state index contributed by atoms with van der Waals surface area (Å²) in [6.45, 7) is 1.45. The van der Waals surface area contributed by atoms with E-state index in [0.29, 0.717) is 0 Å². The molecule has 25 heavy (non-hydrogen) atoms. The number of hydrogen-bond donors (Lipinski definition) is 3. The van der Waals surface area contributed by atoms with Gasteiger partial charge >= 0.3 is 0 Å². The van der Waals surface area contributed by atoms with Crippen molar-refractivity contribution < 1.29 is 18.8 Å². The number of carbonyl (C=O) groups excluding carboxylic acids is 3. The minimum absolute atomic E-state index is 0.175. The van der Waals surface area contributed by atoms with Crippen LogP contribution in [-0.4, -0.2) is 23.8 Å². The second-order valence-electron chi connectivity index (χ2n) is 5.13. The quantitative estimate of drug-likeness (QED) is 0.727. The summed E-state index contributed by atoms with van der Waals surface area (Å²) in [7, 11) is 0. The normalized spacial score (nSPS) is 11.3. The van der Waals surface area contributed by atoms with Crippen LogP contribution in [-0.2, 0) is 4.79 Å². The molecule has 0 saturated heterocycles. The predicted molar refractivity (Wildman–Crippen MR) is 90.4 cm³/mol. The molecule has 0 heterocycles. The SMILES string of the molecule is CC(NC(=O)c1ccccc1Cl)C(=O)NNC(=O)c1ccc(F)cc1. The molecule has 6 nitrogen and oxygen atoms in total. The maximum Gasteiger partial charge on any atom is 0.269 e. The Hall–Kier alpha value is -2.93. The molecule has 8 heteroatoms. The van der Waals surface area contributed by atoms with Crippen LogP contribution in [0.15, 0.2) is 48.5 Å². The highest BCUT2D eigenvalue weighted by Gasteiger charge is 2.18. The van der Waals surface area contributed by atoms with Crippen LogP contribution in [0.2, 0.25) is 5.02 Å². The second-order valence-corrected chi connectivity index (χ2v) is 5.53. The number of hydrazine groups is 1. The average molecular weight is 364 g/mol. The van der Waals surface area contributed by atoms with Crippen molar-refractivity contribution in [1.82, 2.24) is 16.2 Å². The standard InChI is InChI=1S/C17H15ClFN3O3/c1-10(20-17(25)13-4-2-3-5-14(13)18)15(23)21-22-16(24)11-6-8-12(19)9-7-11/h2-10H,1H3,(H,20,25)(H,21,23)(H,22,24). The highest BCUT2D eigenvalue weighted by molar-refractivity contribution is 6.33. The van der Waals surface area contributed by atoms with E-state index in [1.54, 1.807) is 18.2 Å². The fourth-order valence-electron chi connectivity index (χ4n) is 1.89. The van der Waals surface area contributed by atoms with Gasteiger partial charge in [0.25, 0.3) is 17.7 Å². The summed E-state index contributed by atoms with van der Waals surface area (Å²) >= 11 is 5.92. The Balaban J connectivity index is 1.88. The van der Waals surface area contributed by atoms with Gasteiger partial charge in [-0.2, -0.15) is 0 Å². The van der Waals surface area contributed by atoms with Crippen molar-refractivity contribution in [3.63, 3.8) is 0 Å². The molecule has 1 atom stereocenters. The lowest BCUT2D eigenvalue weighted by Gasteiger charge is -2.15. The molecule has 0 aliphatic carbocycles. The van der Waals surface area contributed by atoms with Gasteiger partial charge in [-0.25, -0.2) is 4.39 Å². The molecule has 0 bridgehead atoms. The number of rotatable bonds is 4. The monoisotopic (exact) mass is 363 g/mol. The molecule has 3 N–H and O–H groups in total. The van der Waals surface area contributed by atoms with Crippen molar-refractivity contribution in [1.29, 1.82) is 0 Å². The highest BCUT2D eigenvalue weighted by atomic mass is 35.5. The molecular formula is C17H15ClFN3O3. The van der Waals surface area contributed by atoms with Crippen LogP contribution in [0.3, 0.4) is 0 Å². The largest absolute Gasteiger partial charge is 0.340 e. The van der Waals surface area contributed by atoms with Gasteiger partial charge in [0.2, 0.25) is 0 Å².